The normalized spacial score (nSPS) is 16.1. The first-order chi connectivity index (χ1) is 14.5. The van der Waals surface area contributed by atoms with Gasteiger partial charge in [0.25, 0.3) is 0 Å². The van der Waals surface area contributed by atoms with Crippen LogP contribution in [0.15, 0.2) is 30.6 Å². The summed E-state index contributed by atoms with van der Waals surface area (Å²) in [6.45, 7) is 7.84. The molecule has 0 aliphatic carbocycles. The van der Waals surface area contributed by atoms with Crippen LogP contribution < -0.4 is 5.32 Å². The van der Waals surface area contributed by atoms with Crippen molar-refractivity contribution in [2.75, 3.05) is 18.4 Å². The fourth-order valence-corrected chi connectivity index (χ4v) is 4.25. The number of amides is 1. The van der Waals surface area contributed by atoms with Gasteiger partial charge in [0.15, 0.2) is 0 Å². The van der Waals surface area contributed by atoms with Crippen LogP contribution in [0.4, 0.5) is 5.69 Å². The lowest BCUT2D eigenvalue weighted by Crippen LogP contribution is -2.30. The molecule has 3 heterocycles. The number of nitrogens with zero attached hydrogens (tertiary/aromatic N) is 5. The molecule has 7 heteroatoms. The molecular weight excluding hydrogens is 376 g/mol. The van der Waals surface area contributed by atoms with Gasteiger partial charge >= 0.3 is 0 Å². The van der Waals surface area contributed by atoms with E-state index in [0.717, 1.165) is 54.4 Å². The van der Waals surface area contributed by atoms with Gasteiger partial charge < -0.3 is 14.5 Å². The highest BCUT2D eigenvalue weighted by molar-refractivity contribution is 5.94. The summed E-state index contributed by atoms with van der Waals surface area (Å²) in [5.41, 5.74) is 2.82. The van der Waals surface area contributed by atoms with Gasteiger partial charge in [-0.25, -0.2) is 9.97 Å². The first-order valence-electron chi connectivity index (χ1n) is 11.0. The standard InChI is InChI=1S/C23H32N6O/c1-4-21-24-10-13-29(21)15-17(2)23(30)25-18-8-9-20-19(14-18)26-22(27(20)3)16-28-11-6-5-7-12-28/h8-10,13-14,17H,4-7,11-12,15-16H2,1-3H3,(H,25,30). The van der Waals surface area contributed by atoms with Crippen LogP contribution in [0.25, 0.3) is 11.0 Å². The largest absolute Gasteiger partial charge is 0.334 e. The van der Waals surface area contributed by atoms with Crippen molar-refractivity contribution in [3.8, 4) is 0 Å². The monoisotopic (exact) mass is 408 g/mol. The molecule has 1 aliphatic rings. The van der Waals surface area contributed by atoms with Crippen molar-refractivity contribution in [3.05, 3.63) is 42.2 Å². The SMILES string of the molecule is CCc1nccn1CC(C)C(=O)Nc1ccc2c(c1)nc(CN1CCCCC1)n2C. The number of piperidine rings is 1. The highest BCUT2D eigenvalue weighted by Crippen LogP contribution is 2.22. The van der Waals surface area contributed by atoms with E-state index in [2.05, 4.69) is 38.3 Å². The summed E-state index contributed by atoms with van der Waals surface area (Å²) in [6.07, 6.45) is 8.47. The molecule has 0 saturated carbocycles. The summed E-state index contributed by atoms with van der Waals surface area (Å²) >= 11 is 0. The Balaban J connectivity index is 1.44. The summed E-state index contributed by atoms with van der Waals surface area (Å²) < 4.78 is 4.22. The molecule has 30 heavy (non-hydrogen) atoms. The summed E-state index contributed by atoms with van der Waals surface area (Å²) in [7, 11) is 2.07. The second-order valence-electron chi connectivity index (χ2n) is 8.37. The second-order valence-corrected chi connectivity index (χ2v) is 8.37. The molecule has 0 bridgehead atoms. The van der Waals surface area contributed by atoms with Crippen LogP contribution in [-0.2, 0) is 31.4 Å². The fourth-order valence-electron chi connectivity index (χ4n) is 4.25. The van der Waals surface area contributed by atoms with Crippen molar-refractivity contribution in [2.45, 2.75) is 52.6 Å². The fraction of sp³-hybridized carbons (Fsp3) is 0.522. The second kappa shape index (κ2) is 9.00. The molecule has 1 N–H and O–H groups in total. The number of carbonyl (C=O) groups excluding carboxylic acids is 1. The van der Waals surface area contributed by atoms with Crippen LogP contribution in [0, 0.1) is 5.92 Å². The van der Waals surface area contributed by atoms with Gasteiger partial charge in [-0.15, -0.1) is 0 Å². The number of aromatic nitrogens is 4. The third-order valence-electron chi connectivity index (χ3n) is 6.09. The highest BCUT2D eigenvalue weighted by atomic mass is 16.1. The van der Waals surface area contributed by atoms with Crippen molar-refractivity contribution in [2.24, 2.45) is 13.0 Å². The van der Waals surface area contributed by atoms with Crippen LogP contribution in [0.3, 0.4) is 0 Å². The molecule has 1 amide bonds. The molecule has 1 aromatic carbocycles. The Bertz CT molecular complexity index is 1010. The maximum Gasteiger partial charge on any atom is 0.229 e. The summed E-state index contributed by atoms with van der Waals surface area (Å²) in [5.74, 6) is 1.94. The number of likely N-dealkylation sites (tertiary alicyclic amines) is 1. The predicted molar refractivity (Wildman–Crippen MR) is 119 cm³/mol. The Morgan fingerprint density at radius 3 is 2.77 bits per heavy atom. The van der Waals surface area contributed by atoms with Gasteiger partial charge in [-0.05, 0) is 44.1 Å². The Hall–Kier alpha value is -2.67. The number of imidazole rings is 2. The molecular formula is C23H32N6O. The zero-order valence-electron chi connectivity index (χ0n) is 18.3. The summed E-state index contributed by atoms with van der Waals surface area (Å²) in [4.78, 5) is 24.4. The topological polar surface area (TPSA) is 68.0 Å². The van der Waals surface area contributed by atoms with Crippen molar-refractivity contribution in [1.29, 1.82) is 0 Å². The van der Waals surface area contributed by atoms with Crippen molar-refractivity contribution < 1.29 is 4.79 Å². The molecule has 4 rings (SSSR count). The van der Waals surface area contributed by atoms with Crippen molar-refractivity contribution >= 4 is 22.6 Å². The van der Waals surface area contributed by atoms with E-state index < -0.39 is 0 Å². The number of carbonyl (C=O) groups is 1. The van der Waals surface area contributed by atoms with Crippen molar-refractivity contribution in [3.63, 3.8) is 0 Å². The zero-order valence-corrected chi connectivity index (χ0v) is 18.3. The van der Waals surface area contributed by atoms with E-state index in [4.69, 9.17) is 4.98 Å². The molecule has 160 valence electrons. The number of hydrogen-bond acceptors (Lipinski definition) is 4. The number of anilines is 1. The lowest BCUT2D eigenvalue weighted by molar-refractivity contribution is -0.119. The van der Waals surface area contributed by atoms with Gasteiger partial charge in [0.05, 0.1) is 23.5 Å². The number of rotatable bonds is 7. The van der Waals surface area contributed by atoms with Crippen molar-refractivity contribution in [1.82, 2.24) is 24.0 Å². The van der Waals surface area contributed by atoms with Crippen LogP contribution in [-0.4, -0.2) is 43.0 Å². The lowest BCUT2D eigenvalue weighted by atomic mass is 10.1. The van der Waals surface area contributed by atoms with E-state index in [1.165, 1.54) is 19.3 Å². The third-order valence-corrected chi connectivity index (χ3v) is 6.09. The van der Waals surface area contributed by atoms with Gasteiger partial charge in [0, 0.05) is 38.1 Å². The molecule has 0 radical (unpaired) electrons. The molecule has 1 saturated heterocycles. The van der Waals surface area contributed by atoms with Crippen LogP contribution >= 0.6 is 0 Å². The quantitative estimate of drug-likeness (QED) is 0.649. The number of aryl methyl sites for hydroxylation is 2. The third kappa shape index (κ3) is 4.41. The number of hydrogen-bond donors (Lipinski definition) is 1. The van der Waals surface area contributed by atoms with E-state index in [-0.39, 0.29) is 11.8 Å². The van der Waals surface area contributed by atoms with Gasteiger partial charge in [-0.2, -0.15) is 0 Å². The molecule has 7 nitrogen and oxygen atoms in total. The summed E-state index contributed by atoms with van der Waals surface area (Å²) in [5, 5.41) is 3.06. The maximum atomic E-state index is 12.7. The van der Waals surface area contributed by atoms with E-state index in [1.54, 1.807) is 6.20 Å². The maximum absolute atomic E-state index is 12.7. The number of fused-ring (bicyclic) bond motifs is 1. The Kier molecular flexibility index (Phi) is 6.18. The molecule has 1 atom stereocenters. The van der Waals surface area contributed by atoms with Gasteiger partial charge in [0.1, 0.15) is 11.6 Å². The van der Waals surface area contributed by atoms with E-state index in [0.29, 0.717) is 6.54 Å². The molecule has 0 spiro atoms. The molecule has 3 aromatic rings. The zero-order chi connectivity index (χ0) is 21.1. The highest BCUT2D eigenvalue weighted by Gasteiger charge is 2.17. The smallest absolute Gasteiger partial charge is 0.229 e. The minimum atomic E-state index is -0.154. The summed E-state index contributed by atoms with van der Waals surface area (Å²) in [6, 6.07) is 6.00. The first kappa shape index (κ1) is 20.6. The minimum absolute atomic E-state index is 0.00887. The van der Waals surface area contributed by atoms with Gasteiger partial charge in [-0.1, -0.05) is 20.3 Å². The van der Waals surface area contributed by atoms with E-state index in [1.807, 2.05) is 31.3 Å². The Morgan fingerprint density at radius 2 is 2.00 bits per heavy atom. The predicted octanol–water partition coefficient (Wildman–Crippen LogP) is 3.59. The molecule has 1 aliphatic heterocycles. The van der Waals surface area contributed by atoms with Gasteiger partial charge in [0.2, 0.25) is 5.91 Å². The first-order valence-corrected chi connectivity index (χ1v) is 11.0. The molecule has 2 aromatic heterocycles. The molecule has 1 fully saturated rings. The number of benzene rings is 1. The average Bonchev–Trinajstić information content (AvgIpc) is 3.32. The van der Waals surface area contributed by atoms with E-state index >= 15 is 0 Å². The van der Waals surface area contributed by atoms with Gasteiger partial charge in [-0.3, -0.25) is 9.69 Å². The Labute approximate surface area is 178 Å². The lowest BCUT2D eigenvalue weighted by Gasteiger charge is -2.25. The van der Waals surface area contributed by atoms with Crippen LogP contribution in [0.1, 0.15) is 44.8 Å². The Morgan fingerprint density at radius 1 is 1.20 bits per heavy atom. The number of nitrogens with one attached hydrogen (secondary N) is 1. The van der Waals surface area contributed by atoms with Crippen LogP contribution in [0.5, 0.6) is 0 Å². The molecule has 1 unspecified atom stereocenters. The average molecular weight is 409 g/mol. The van der Waals surface area contributed by atoms with E-state index in [9.17, 15) is 4.79 Å². The minimum Gasteiger partial charge on any atom is -0.334 e. The van der Waals surface area contributed by atoms with Crippen LogP contribution in [0.2, 0.25) is 0 Å².